The molecule has 0 unspecified atom stereocenters. The van der Waals surface area contributed by atoms with Crippen molar-refractivity contribution in [1.29, 1.82) is 0 Å². The van der Waals surface area contributed by atoms with E-state index in [2.05, 4.69) is 41.5 Å². The van der Waals surface area contributed by atoms with Crippen LogP contribution in [0.3, 0.4) is 0 Å². The van der Waals surface area contributed by atoms with Crippen molar-refractivity contribution in [3.05, 3.63) is 99.9 Å². The molecule has 2 N–H and O–H groups in total. The van der Waals surface area contributed by atoms with Gasteiger partial charge in [-0.3, -0.25) is 0 Å². The Labute approximate surface area is 223 Å². The summed E-state index contributed by atoms with van der Waals surface area (Å²) in [5.41, 5.74) is 4.88. The quantitative estimate of drug-likeness (QED) is 0.192. The summed E-state index contributed by atoms with van der Waals surface area (Å²) in [5, 5.41) is 24.3. The van der Waals surface area contributed by atoms with Crippen molar-refractivity contribution in [1.82, 2.24) is 0 Å². The molecule has 0 spiro atoms. The van der Waals surface area contributed by atoms with Crippen molar-refractivity contribution in [2.45, 2.75) is 59.0 Å². The maximum atomic E-state index is 13.2. The fourth-order valence-electron chi connectivity index (χ4n) is 5.32. The second-order valence-corrected chi connectivity index (χ2v) is 12.0. The summed E-state index contributed by atoms with van der Waals surface area (Å²) in [7, 11) is 0. The number of phenols is 1. The summed E-state index contributed by atoms with van der Waals surface area (Å²) in [6, 6.07) is 23.4. The number of rotatable bonds is 3. The van der Waals surface area contributed by atoms with E-state index < -0.39 is 5.63 Å². The Morgan fingerprint density at radius 3 is 1.82 bits per heavy atom. The van der Waals surface area contributed by atoms with Gasteiger partial charge in [-0.25, -0.2) is 4.79 Å². The van der Waals surface area contributed by atoms with Gasteiger partial charge in [0.2, 0.25) is 0 Å². The van der Waals surface area contributed by atoms with E-state index in [-0.39, 0.29) is 23.2 Å². The standard InChI is InChI=1S/C34H34O4/c1-33(2,3)27-16-21(17-28(30(27)36)34(4,5)6)29-26(19-35)24(20-12-8-7-9-13-20)18-25-22-14-10-11-15-23(22)32(37)38-31(25)29/h7-18,35-36H,19H2,1-6H3. The zero-order valence-electron chi connectivity index (χ0n) is 22.8. The average Bonchev–Trinajstić information content (AvgIpc) is 2.87. The van der Waals surface area contributed by atoms with Crippen LogP contribution in [0.5, 0.6) is 5.75 Å². The fraction of sp³-hybridized carbons (Fsp3) is 0.265. The van der Waals surface area contributed by atoms with Gasteiger partial charge in [0.15, 0.2) is 0 Å². The van der Waals surface area contributed by atoms with Gasteiger partial charge in [-0.1, -0.05) is 90.1 Å². The molecule has 4 aromatic carbocycles. The van der Waals surface area contributed by atoms with E-state index in [0.29, 0.717) is 22.1 Å². The van der Waals surface area contributed by atoms with Crippen LogP contribution in [0, 0.1) is 0 Å². The SMILES string of the molecule is CC(C)(C)c1cc(-c2c(CO)c(-c3ccccc3)cc3c2oc(=O)c2ccccc23)cc(C(C)(C)C)c1O. The molecule has 4 nitrogen and oxygen atoms in total. The third-order valence-electron chi connectivity index (χ3n) is 7.28. The van der Waals surface area contributed by atoms with E-state index >= 15 is 0 Å². The molecule has 0 aliphatic rings. The number of fused-ring (bicyclic) bond motifs is 3. The number of aliphatic hydroxyl groups excluding tert-OH is 1. The Morgan fingerprint density at radius 2 is 1.26 bits per heavy atom. The van der Waals surface area contributed by atoms with Gasteiger partial charge >= 0.3 is 5.63 Å². The zero-order valence-corrected chi connectivity index (χ0v) is 22.8. The summed E-state index contributed by atoms with van der Waals surface area (Å²) < 4.78 is 6.05. The van der Waals surface area contributed by atoms with Crippen LogP contribution in [0.15, 0.2) is 82.0 Å². The molecule has 0 aliphatic heterocycles. The molecule has 1 heterocycles. The summed E-state index contributed by atoms with van der Waals surface area (Å²) in [5.74, 6) is 0.273. The van der Waals surface area contributed by atoms with Gasteiger partial charge in [0.05, 0.1) is 12.0 Å². The van der Waals surface area contributed by atoms with Gasteiger partial charge in [0, 0.05) is 22.1 Å². The predicted molar refractivity (Wildman–Crippen MR) is 156 cm³/mol. The number of hydrogen-bond donors (Lipinski definition) is 2. The molecule has 0 bridgehead atoms. The fourth-order valence-corrected chi connectivity index (χ4v) is 5.32. The van der Waals surface area contributed by atoms with Gasteiger partial charge in [-0.15, -0.1) is 0 Å². The lowest BCUT2D eigenvalue weighted by Gasteiger charge is -2.29. The number of benzene rings is 4. The van der Waals surface area contributed by atoms with Crippen molar-refractivity contribution in [2.75, 3.05) is 0 Å². The highest BCUT2D eigenvalue weighted by Gasteiger charge is 2.29. The molecule has 0 saturated carbocycles. The van der Waals surface area contributed by atoms with Crippen LogP contribution in [0.25, 0.3) is 44.0 Å². The lowest BCUT2D eigenvalue weighted by molar-refractivity contribution is 0.283. The Kier molecular flexibility index (Phi) is 6.19. The Bertz CT molecular complexity index is 1690. The highest BCUT2D eigenvalue weighted by atomic mass is 16.4. The maximum Gasteiger partial charge on any atom is 0.344 e. The first-order valence-electron chi connectivity index (χ1n) is 13.0. The molecule has 0 amide bonds. The van der Waals surface area contributed by atoms with Crippen LogP contribution in [-0.4, -0.2) is 10.2 Å². The number of aromatic hydroxyl groups is 1. The van der Waals surface area contributed by atoms with E-state index in [9.17, 15) is 15.0 Å². The van der Waals surface area contributed by atoms with Crippen LogP contribution < -0.4 is 5.63 Å². The first-order chi connectivity index (χ1) is 17.9. The van der Waals surface area contributed by atoms with Gasteiger partial charge < -0.3 is 14.6 Å². The molecule has 0 atom stereocenters. The molecule has 4 heteroatoms. The molecular formula is C34H34O4. The van der Waals surface area contributed by atoms with E-state index in [0.717, 1.165) is 38.6 Å². The largest absolute Gasteiger partial charge is 0.507 e. The Morgan fingerprint density at radius 1 is 0.711 bits per heavy atom. The molecular weight excluding hydrogens is 472 g/mol. The third-order valence-corrected chi connectivity index (χ3v) is 7.28. The lowest BCUT2D eigenvalue weighted by Crippen LogP contribution is -2.17. The van der Waals surface area contributed by atoms with Crippen LogP contribution in [0.2, 0.25) is 0 Å². The van der Waals surface area contributed by atoms with Gasteiger partial charge in [-0.2, -0.15) is 0 Å². The molecule has 194 valence electrons. The molecule has 0 aliphatic carbocycles. The first-order valence-corrected chi connectivity index (χ1v) is 13.0. The van der Waals surface area contributed by atoms with Crippen molar-refractivity contribution >= 4 is 21.7 Å². The number of aliphatic hydroxyl groups is 1. The Balaban J connectivity index is 2.03. The molecule has 0 radical (unpaired) electrons. The minimum Gasteiger partial charge on any atom is -0.507 e. The summed E-state index contributed by atoms with van der Waals surface area (Å²) in [6.07, 6.45) is 0. The third kappa shape index (κ3) is 4.29. The van der Waals surface area contributed by atoms with E-state index in [1.165, 1.54) is 0 Å². The lowest BCUT2D eigenvalue weighted by atomic mass is 9.77. The molecule has 1 aromatic heterocycles. The van der Waals surface area contributed by atoms with Gasteiger partial charge in [0.25, 0.3) is 0 Å². The normalized spacial score (nSPS) is 12.4. The summed E-state index contributed by atoms with van der Waals surface area (Å²) in [4.78, 5) is 13.2. The van der Waals surface area contributed by atoms with Crippen molar-refractivity contribution in [3.63, 3.8) is 0 Å². The maximum absolute atomic E-state index is 13.2. The molecule has 38 heavy (non-hydrogen) atoms. The molecule has 0 saturated heterocycles. The van der Waals surface area contributed by atoms with E-state index in [1.54, 1.807) is 6.07 Å². The van der Waals surface area contributed by atoms with E-state index in [1.807, 2.05) is 66.7 Å². The Hall–Kier alpha value is -3.89. The minimum absolute atomic E-state index is 0.247. The minimum atomic E-state index is -0.420. The zero-order chi connectivity index (χ0) is 27.4. The summed E-state index contributed by atoms with van der Waals surface area (Å²) in [6.45, 7) is 12.2. The van der Waals surface area contributed by atoms with E-state index in [4.69, 9.17) is 4.42 Å². The second-order valence-electron chi connectivity index (χ2n) is 12.0. The van der Waals surface area contributed by atoms with Crippen LogP contribution in [0.1, 0.15) is 58.2 Å². The predicted octanol–water partition coefficient (Wildman–Crippen LogP) is 8.07. The smallest absolute Gasteiger partial charge is 0.344 e. The second kappa shape index (κ2) is 9.14. The molecule has 5 aromatic rings. The van der Waals surface area contributed by atoms with Crippen LogP contribution in [-0.2, 0) is 17.4 Å². The van der Waals surface area contributed by atoms with Crippen molar-refractivity contribution < 1.29 is 14.6 Å². The first kappa shape index (κ1) is 25.7. The number of hydrogen-bond acceptors (Lipinski definition) is 4. The topological polar surface area (TPSA) is 70.7 Å². The van der Waals surface area contributed by atoms with Crippen molar-refractivity contribution in [2.24, 2.45) is 0 Å². The van der Waals surface area contributed by atoms with Crippen molar-refractivity contribution in [3.8, 4) is 28.0 Å². The number of phenolic OH excluding ortho intramolecular Hbond substituents is 1. The highest BCUT2D eigenvalue weighted by molar-refractivity contribution is 6.11. The van der Waals surface area contributed by atoms with Gasteiger partial charge in [0.1, 0.15) is 11.3 Å². The highest BCUT2D eigenvalue weighted by Crippen LogP contribution is 2.46. The summed E-state index contributed by atoms with van der Waals surface area (Å²) >= 11 is 0. The molecule has 0 fully saturated rings. The van der Waals surface area contributed by atoms with Gasteiger partial charge in [-0.05, 0) is 62.7 Å². The average molecular weight is 507 g/mol. The monoisotopic (exact) mass is 506 g/mol. The molecule has 5 rings (SSSR count). The van der Waals surface area contributed by atoms with Crippen LogP contribution in [0.4, 0.5) is 0 Å². The van der Waals surface area contributed by atoms with Crippen LogP contribution >= 0.6 is 0 Å².